The van der Waals surface area contributed by atoms with Crippen molar-refractivity contribution in [2.24, 2.45) is 0 Å². The fourth-order valence-electron chi connectivity index (χ4n) is 1.99. The van der Waals surface area contributed by atoms with Crippen molar-refractivity contribution in [1.29, 1.82) is 0 Å². The maximum absolute atomic E-state index is 12.2. The Bertz CT molecular complexity index is 686. The SMILES string of the molecule is Nc1ccc(C(=O)Nc2cc3c(cc2Cl)OCCO3)cc1. The number of nitrogens with two attached hydrogens (primary N) is 1. The molecule has 1 aliphatic heterocycles. The lowest BCUT2D eigenvalue weighted by atomic mass is 10.2. The first-order valence-corrected chi connectivity index (χ1v) is 6.77. The third-order valence-corrected chi connectivity index (χ3v) is 3.37. The van der Waals surface area contributed by atoms with E-state index >= 15 is 0 Å². The van der Waals surface area contributed by atoms with Gasteiger partial charge in [0, 0.05) is 23.4 Å². The van der Waals surface area contributed by atoms with Crippen LogP contribution in [0.3, 0.4) is 0 Å². The van der Waals surface area contributed by atoms with Crippen LogP contribution < -0.4 is 20.5 Å². The molecule has 0 aromatic heterocycles. The molecule has 6 heteroatoms. The monoisotopic (exact) mass is 304 g/mol. The van der Waals surface area contributed by atoms with Gasteiger partial charge in [-0.15, -0.1) is 0 Å². The molecule has 0 unspecified atom stereocenters. The van der Waals surface area contributed by atoms with Crippen LogP contribution in [0.2, 0.25) is 5.02 Å². The highest BCUT2D eigenvalue weighted by Gasteiger charge is 2.16. The Morgan fingerprint density at radius 3 is 2.38 bits per heavy atom. The zero-order valence-electron chi connectivity index (χ0n) is 11.1. The molecule has 0 atom stereocenters. The maximum Gasteiger partial charge on any atom is 0.255 e. The summed E-state index contributed by atoms with van der Waals surface area (Å²) in [5, 5.41) is 3.14. The second-order valence-electron chi connectivity index (χ2n) is 4.55. The van der Waals surface area contributed by atoms with Gasteiger partial charge in [-0.1, -0.05) is 11.6 Å². The second kappa shape index (κ2) is 5.54. The molecule has 0 saturated carbocycles. The van der Waals surface area contributed by atoms with Crippen LogP contribution in [0, 0.1) is 0 Å². The van der Waals surface area contributed by atoms with Gasteiger partial charge in [0.1, 0.15) is 13.2 Å². The van der Waals surface area contributed by atoms with E-state index in [0.717, 1.165) is 0 Å². The smallest absolute Gasteiger partial charge is 0.255 e. The van der Waals surface area contributed by atoms with Gasteiger partial charge in [0.15, 0.2) is 11.5 Å². The number of amides is 1. The molecule has 108 valence electrons. The lowest BCUT2D eigenvalue weighted by Crippen LogP contribution is -2.17. The number of nitrogen functional groups attached to an aromatic ring is 1. The maximum atomic E-state index is 12.2. The van der Waals surface area contributed by atoms with Crippen LogP contribution in [-0.4, -0.2) is 19.1 Å². The number of anilines is 2. The molecule has 0 radical (unpaired) electrons. The van der Waals surface area contributed by atoms with Crippen LogP contribution in [0.15, 0.2) is 36.4 Å². The van der Waals surface area contributed by atoms with Crippen molar-refractivity contribution in [2.45, 2.75) is 0 Å². The molecule has 0 bridgehead atoms. The van der Waals surface area contributed by atoms with E-state index < -0.39 is 0 Å². The van der Waals surface area contributed by atoms with Gasteiger partial charge in [-0.3, -0.25) is 4.79 Å². The van der Waals surface area contributed by atoms with Crippen LogP contribution in [0.25, 0.3) is 0 Å². The molecule has 0 aliphatic carbocycles. The zero-order chi connectivity index (χ0) is 14.8. The molecular weight excluding hydrogens is 292 g/mol. The first-order valence-electron chi connectivity index (χ1n) is 6.39. The van der Waals surface area contributed by atoms with E-state index in [1.807, 2.05) is 0 Å². The second-order valence-corrected chi connectivity index (χ2v) is 4.96. The summed E-state index contributed by atoms with van der Waals surface area (Å²) in [5.74, 6) is 0.878. The van der Waals surface area contributed by atoms with Gasteiger partial charge in [-0.2, -0.15) is 0 Å². The third-order valence-electron chi connectivity index (χ3n) is 3.05. The number of carbonyl (C=O) groups is 1. The standard InChI is InChI=1S/C15H13ClN2O3/c16-11-7-13-14(21-6-5-20-13)8-12(11)18-15(19)9-1-3-10(17)4-2-9/h1-4,7-8H,5-6,17H2,(H,18,19). The van der Waals surface area contributed by atoms with Gasteiger partial charge in [0.25, 0.3) is 5.91 Å². The summed E-state index contributed by atoms with van der Waals surface area (Å²) in [6.07, 6.45) is 0. The number of hydrogen-bond acceptors (Lipinski definition) is 4. The van der Waals surface area contributed by atoms with Gasteiger partial charge in [-0.05, 0) is 24.3 Å². The van der Waals surface area contributed by atoms with E-state index in [0.29, 0.717) is 46.7 Å². The van der Waals surface area contributed by atoms with E-state index in [1.165, 1.54) is 0 Å². The number of hydrogen-bond donors (Lipinski definition) is 2. The minimum Gasteiger partial charge on any atom is -0.486 e. The molecule has 2 aromatic carbocycles. The third kappa shape index (κ3) is 2.87. The molecule has 3 rings (SSSR count). The normalized spacial score (nSPS) is 12.8. The quantitative estimate of drug-likeness (QED) is 0.837. The highest BCUT2D eigenvalue weighted by Crippen LogP contribution is 2.38. The van der Waals surface area contributed by atoms with E-state index in [1.54, 1.807) is 36.4 Å². The number of fused-ring (bicyclic) bond motifs is 1. The zero-order valence-corrected chi connectivity index (χ0v) is 11.8. The van der Waals surface area contributed by atoms with Crippen molar-refractivity contribution in [2.75, 3.05) is 24.3 Å². The molecule has 1 heterocycles. The largest absolute Gasteiger partial charge is 0.486 e. The molecule has 21 heavy (non-hydrogen) atoms. The Morgan fingerprint density at radius 2 is 1.71 bits per heavy atom. The van der Waals surface area contributed by atoms with Crippen LogP contribution in [0.5, 0.6) is 11.5 Å². The van der Waals surface area contributed by atoms with E-state index in [-0.39, 0.29) is 5.91 Å². The number of benzene rings is 2. The first kappa shape index (κ1) is 13.6. The Morgan fingerprint density at radius 1 is 1.10 bits per heavy atom. The fraction of sp³-hybridized carbons (Fsp3) is 0.133. The highest BCUT2D eigenvalue weighted by atomic mass is 35.5. The van der Waals surface area contributed by atoms with Crippen molar-refractivity contribution >= 4 is 28.9 Å². The molecule has 0 fully saturated rings. The van der Waals surface area contributed by atoms with Crippen LogP contribution in [0.1, 0.15) is 10.4 Å². The number of halogens is 1. The lowest BCUT2D eigenvalue weighted by Gasteiger charge is -2.20. The summed E-state index contributed by atoms with van der Waals surface area (Å²) in [6, 6.07) is 9.93. The Labute approximate surface area is 126 Å². The van der Waals surface area contributed by atoms with Crippen molar-refractivity contribution < 1.29 is 14.3 Å². The topological polar surface area (TPSA) is 73.6 Å². The Balaban J connectivity index is 1.84. The van der Waals surface area contributed by atoms with Crippen LogP contribution in [0.4, 0.5) is 11.4 Å². The van der Waals surface area contributed by atoms with E-state index in [9.17, 15) is 4.79 Å². The first-order chi connectivity index (χ1) is 10.1. The van der Waals surface area contributed by atoms with Gasteiger partial charge in [0.05, 0.1) is 10.7 Å². The summed E-state index contributed by atoms with van der Waals surface area (Å²) in [7, 11) is 0. The Hall–Kier alpha value is -2.40. The minimum atomic E-state index is -0.270. The summed E-state index contributed by atoms with van der Waals surface area (Å²) < 4.78 is 10.9. The number of ether oxygens (including phenoxy) is 2. The summed E-state index contributed by atoms with van der Waals surface area (Å²) in [5.41, 5.74) is 7.17. The van der Waals surface area contributed by atoms with Crippen molar-refractivity contribution in [3.05, 3.63) is 47.0 Å². The highest BCUT2D eigenvalue weighted by molar-refractivity contribution is 6.34. The predicted octanol–water partition coefficient (Wildman–Crippen LogP) is 2.95. The molecule has 5 nitrogen and oxygen atoms in total. The summed E-state index contributed by atoms with van der Waals surface area (Å²) in [4.78, 5) is 12.2. The van der Waals surface area contributed by atoms with Gasteiger partial charge in [0.2, 0.25) is 0 Å². The summed E-state index contributed by atoms with van der Waals surface area (Å²) in [6.45, 7) is 0.959. The molecule has 3 N–H and O–H groups in total. The molecular formula is C15H13ClN2O3. The molecule has 0 spiro atoms. The minimum absolute atomic E-state index is 0.270. The van der Waals surface area contributed by atoms with E-state index in [4.69, 9.17) is 26.8 Å². The van der Waals surface area contributed by atoms with Crippen molar-refractivity contribution in [3.8, 4) is 11.5 Å². The molecule has 1 aliphatic rings. The van der Waals surface area contributed by atoms with Gasteiger partial charge in [-0.25, -0.2) is 0 Å². The molecule has 1 amide bonds. The lowest BCUT2D eigenvalue weighted by molar-refractivity contribution is 0.102. The van der Waals surface area contributed by atoms with E-state index in [2.05, 4.69) is 5.32 Å². The molecule has 2 aromatic rings. The van der Waals surface area contributed by atoms with Crippen molar-refractivity contribution in [3.63, 3.8) is 0 Å². The summed E-state index contributed by atoms with van der Waals surface area (Å²) >= 11 is 6.15. The van der Waals surface area contributed by atoms with Gasteiger partial charge >= 0.3 is 0 Å². The number of carbonyl (C=O) groups excluding carboxylic acids is 1. The van der Waals surface area contributed by atoms with Crippen molar-refractivity contribution in [1.82, 2.24) is 0 Å². The van der Waals surface area contributed by atoms with Crippen LogP contribution in [-0.2, 0) is 0 Å². The average molecular weight is 305 g/mol. The van der Waals surface area contributed by atoms with Crippen LogP contribution >= 0.6 is 11.6 Å². The number of rotatable bonds is 2. The Kier molecular flexibility index (Phi) is 3.58. The average Bonchev–Trinajstić information content (AvgIpc) is 2.48. The molecule has 0 saturated heterocycles. The number of nitrogens with one attached hydrogen (secondary N) is 1. The predicted molar refractivity (Wildman–Crippen MR) is 81.2 cm³/mol. The fourth-order valence-corrected chi connectivity index (χ4v) is 2.19. The van der Waals surface area contributed by atoms with Gasteiger partial charge < -0.3 is 20.5 Å².